The van der Waals surface area contributed by atoms with Crippen LogP contribution in [0, 0.1) is 5.92 Å². The van der Waals surface area contributed by atoms with E-state index < -0.39 is 24.7 Å². The Kier molecular flexibility index (Phi) is 6.22. The standard InChI is InChI=1S/C9H15F3N2O2.ClH/c10-9(11,12)7(15)4-14-8(16)5-1-2-6(13)3-5;/h5-7,15H,1-4,13H2,(H,14,16);1H. The van der Waals surface area contributed by atoms with Gasteiger partial charge in [0.2, 0.25) is 5.91 Å². The molecule has 0 aromatic heterocycles. The second-order valence-electron chi connectivity index (χ2n) is 4.07. The minimum absolute atomic E-state index is 0. The van der Waals surface area contributed by atoms with Crippen molar-refractivity contribution in [3.05, 3.63) is 0 Å². The quantitative estimate of drug-likeness (QED) is 0.706. The first-order chi connectivity index (χ1) is 7.30. The van der Waals surface area contributed by atoms with E-state index in [2.05, 4.69) is 5.32 Å². The minimum atomic E-state index is -4.70. The molecule has 4 N–H and O–H groups in total. The highest BCUT2D eigenvalue weighted by Crippen LogP contribution is 2.24. The van der Waals surface area contributed by atoms with Crippen LogP contribution in [0.1, 0.15) is 19.3 Å². The van der Waals surface area contributed by atoms with E-state index >= 15 is 0 Å². The zero-order valence-electron chi connectivity index (χ0n) is 9.04. The van der Waals surface area contributed by atoms with Gasteiger partial charge >= 0.3 is 6.18 Å². The van der Waals surface area contributed by atoms with Crippen molar-refractivity contribution in [3.8, 4) is 0 Å². The number of nitrogens with one attached hydrogen (secondary N) is 1. The number of aliphatic hydroxyl groups excluding tert-OH is 1. The summed E-state index contributed by atoms with van der Waals surface area (Å²) in [7, 11) is 0. The van der Waals surface area contributed by atoms with E-state index in [9.17, 15) is 18.0 Å². The maximum atomic E-state index is 11.9. The van der Waals surface area contributed by atoms with Gasteiger partial charge in [0.05, 0.1) is 6.54 Å². The smallest absolute Gasteiger partial charge is 0.382 e. The Morgan fingerprint density at radius 2 is 2.06 bits per heavy atom. The summed E-state index contributed by atoms with van der Waals surface area (Å²) in [5.74, 6) is -0.785. The van der Waals surface area contributed by atoms with Gasteiger partial charge in [-0.2, -0.15) is 13.2 Å². The molecular formula is C9H16ClF3N2O2. The van der Waals surface area contributed by atoms with E-state index in [-0.39, 0.29) is 24.4 Å². The van der Waals surface area contributed by atoms with Crippen molar-refractivity contribution in [2.75, 3.05) is 6.54 Å². The van der Waals surface area contributed by atoms with E-state index in [0.29, 0.717) is 19.3 Å². The van der Waals surface area contributed by atoms with Gasteiger partial charge < -0.3 is 16.2 Å². The maximum Gasteiger partial charge on any atom is 0.416 e. The molecule has 17 heavy (non-hydrogen) atoms. The lowest BCUT2D eigenvalue weighted by molar-refractivity contribution is -0.202. The lowest BCUT2D eigenvalue weighted by atomic mass is 10.1. The molecule has 0 aromatic carbocycles. The Morgan fingerprint density at radius 3 is 2.47 bits per heavy atom. The van der Waals surface area contributed by atoms with Gasteiger partial charge in [0.15, 0.2) is 6.10 Å². The monoisotopic (exact) mass is 276 g/mol. The van der Waals surface area contributed by atoms with Crippen LogP contribution in [0.15, 0.2) is 0 Å². The molecule has 102 valence electrons. The predicted octanol–water partition coefficient (Wildman–Crippen LogP) is 0.575. The van der Waals surface area contributed by atoms with E-state index in [1.807, 2.05) is 0 Å². The Hall–Kier alpha value is -0.530. The third-order valence-corrected chi connectivity index (χ3v) is 2.69. The fourth-order valence-corrected chi connectivity index (χ4v) is 1.71. The van der Waals surface area contributed by atoms with Gasteiger partial charge in [-0.25, -0.2) is 0 Å². The lowest BCUT2D eigenvalue weighted by Crippen LogP contribution is -2.42. The largest absolute Gasteiger partial charge is 0.416 e. The molecule has 0 bridgehead atoms. The number of nitrogens with two attached hydrogens (primary N) is 1. The normalized spacial score (nSPS) is 26.2. The summed E-state index contributed by atoms with van der Waals surface area (Å²) < 4.78 is 35.8. The van der Waals surface area contributed by atoms with Gasteiger partial charge in [0.25, 0.3) is 0 Å². The van der Waals surface area contributed by atoms with E-state index in [4.69, 9.17) is 10.8 Å². The van der Waals surface area contributed by atoms with E-state index in [1.165, 1.54) is 0 Å². The van der Waals surface area contributed by atoms with Crippen molar-refractivity contribution < 1.29 is 23.1 Å². The number of hydrogen-bond donors (Lipinski definition) is 3. The van der Waals surface area contributed by atoms with Crippen LogP contribution in [0.4, 0.5) is 13.2 Å². The summed E-state index contributed by atoms with van der Waals surface area (Å²) in [5.41, 5.74) is 5.58. The van der Waals surface area contributed by atoms with Crippen LogP contribution in [0.5, 0.6) is 0 Å². The highest BCUT2D eigenvalue weighted by Gasteiger charge is 2.38. The molecule has 1 fully saturated rings. The number of alkyl halides is 3. The molecule has 0 radical (unpaired) electrons. The average molecular weight is 277 g/mol. The summed E-state index contributed by atoms with van der Waals surface area (Å²) in [6.45, 7) is -0.798. The van der Waals surface area contributed by atoms with Crippen LogP contribution in [0.2, 0.25) is 0 Å². The molecular weight excluding hydrogens is 261 g/mol. The van der Waals surface area contributed by atoms with Gasteiger partial charge in [-0.3, -0.25) is 4.79 Å². The number of aliphatic hydroxyl groups is 1. The molecule has 0 spiro atoms. The Labute approximate surface area is 103 Å². The topological polar surface area (TPSA) is 75.4 Å². The third kappa shape index (κ3) is 5.10. The molecule has 0 saturated heterocycles. The molecule has 1 aliphatic carbocycles. The maximum absolute atomic E-state index is 11.9. The minimum Gasteiger partial charge on any atom is -0.382 e. The molecule has 1 amide bonds. The summed E-state index contributed by atoms with van der Waals surface area (Å²) in [6, 6.07) is -0.0525. The van der Waals surface area contributed by atoms with Crippen LogP contribution >= 0.6 is 12.4 Å². The summed E-state index contributed by atoms with van der Waals surface area (Å²) in [4.78, 5) is 11.4. The second-order valence-corrected chi connectivity index (χ2v) is 4.07. The van der Waals surface area contributed by atoms with E-state index in [1.54, 1.807) is 0 Å². The Balaban J connectivity index is 0.00000256. The van der Waals surface area contributed by atoms with Crippen molar-refractivity contribution in [1.29, 1.82) is 0 Å². The predicted molar refractivity (Wildman–Crippen MR) is 57.6 cm³/mol. The summed E-state index contributed by atoms with van der Waals surface area (Å²) in [5, 5.41) is 10.8. The number of halogens is 4. The number of carbonyl (C=O) groups excluding carboxylic acids is 1. The van der Waals surface area contributed by atoms with Gasteiger partial charge in [0.1, 0.15) is 0 Å². The van der Waals surface area contributed by atoms with Crippen molar-refractivity contribution in [2.45, 2.75) is 37.6 Å². The molecule has 1 rings (SSSR count). The number of hydrogen-bond acceptors (Lipinski definition) is 3. The average Bonchev–Trinajstić information content (AvgIpc) is 2.59. The Bertz CT molecular complexity index is 263. The molecule has 1 aliphatic rings. The molecule has 8 heteroatoms. The number of amides is 1. The zero-order valence-corrected chi connectivity index (χ0v) is 9.85. The molecule has 3 atom stereocenters. The molecule has 4 nitrogen and oxygen atoms in total. The second kappa shape index (κ2) is 6.42. The first-order valence-electron chi connectivity index (χ1n) is 5.08. The number of carbonyl (C=O) groups is 1. The van der Waals surface area contributed by atoms with Gasteiger partial charge in [-0.1, -0.05) is 0 Å². The number of rotatable bonds is 3. The van der Waals surface area contributed by atoms with Gasteiger partial charge in [0, 0.05) is 12.0 Å². The molecule has 1 saturated carbocycles. The van der Waals surface area contributed by atoms with Crippen LogP contribution in [0.3, 0.4) is 0 Å². The summed E-state index contributed by atoms with van der Waals surface area (Å²) >= 11 is 0. The van der Waals surface area contributed by atoms with Crippen LogP contribution in [-0.2, 0) is 4.79 Å². The van der Waals surface area contributed by atoms with Gasteiger partial charge in [-0.05, 0) is 19.3 Å². The van der Waals surface area contributed by atoms with E-state index in [0.717, 1.165) is 0 Å². The zero-order chi connectivity index (χ0) is 12.3. The van der Waals surface area contributed by atoms with Crippen molar-refractivity contribution in [1.82, 2.24) is 5.32 Å². The van der Waals surface area contributed by atoms with Crippen LogP contribution < -0.4 is 11.1 Å². The first-order valence-corrected chi connectivity index (χ1v) is 5.08. The highest BCUT2D eigenvalue weighted by atomic mass is 35.5. The van der Waals surface area contributed by atoms with Crippen molar-refractivity contribution >= 4 is 18.3 Å². The SMILES string of the molecule is Cl.NC1CCC(C(=O)NCC(O)C(F)(F)F)C1. The molecule has 0 aromatic rings. The fraction of sp³-hybridized carbons (Fsp3) is 0.889. The fourth-order valence-electron chi connectivity index (χ4n) is 1.71. The Morgan fingerprint density at radius 1 is 1.47 bits per heavy atom. The van der Waals surface area contributed by atoms with Gasteiger partial charge in [-0.15, -0.1) is 12.4 Å². The lowest BCUT2D eigenvalue weighted by Gasteiger charge is -2.16. The van der Waals surface area contributed by atoms with Crippen LogP contribution in [0.25, 0.3) is 0 Å². The molecule has 0 heterocycles. The molecule has 3 unspecified atom stereocenters. The molecule has 0 aliphatic heterocycles. The van der Waals surface area contributed by atoms with Crippen molar-refractivity contribution in [3.63, 3.8) is 0 Å². The summed E-state index contributed by atoms with van der Waals surface area (Å²) in [6.07, 6.45) is -5.41. The third-order valence-electron chi connectivity index (χ3n) is 2.69. The van der Waals surface area contributed by atoms with Crippen molar-refractivity contribution in [2.24, 2.45) is 11.7 Å². The van der Waals surface area contributed by atoms with Crippen LogP contribution in [-0.4, -0.2) is 35.9 Å². The highest BCUT2D eigenvalue weighted by molar-refractivity contribution is 5.85. The first kappa shape index (κ1) is 16.5.